The van der Waals surface area contributed by atoms with Crippen molar-refractivity contribution in [3.63, 3.8) is 0 Å². The smallest absolute Gasteiger partial charge is 0.134 e. The number of nitrogens with zero attached hydrogens (tertiary/aromatic N) is 2. The highest BCUT2D eigenvalue weighted by atomic mass is 15.1. The van der Waals surface area contributed by atoms with Crippen molar-refractivity contribution < 1.29 is 0 Å². The molecule has 0 aliphatic heterocycles. The highest BCUT2D eigenvalue weighted by molar-refractivity contribution is 5.57. The van der Waals surface area contributed by atoms with Crippen molar-refractivity contribution in [1.82, 2.24) is 9.97 Å². The second kappa shape index (κ2) is 5.58. The van der Waals surface area contributed by atoms with Crippen LogP contribution in [0.4, 0.5) is 11.6 Å². The van der Waals surface area contributed by atoms with Gasteiger partial charge in [0.2, 0.25) is 0 Å². The van der Waals surface area contributed by atoms with E-state index in [4.69, 9.17) is 0 Å². The molecule has 2 N–H and O–H groups in total. The molecule has 4 heteroatoms. The predicted molar refractivity (Wildman–Crippen MR) is 83.1 cm³/mol. The molecule has 0 aromatic carbocycles. The van der Waals surface area contributed by atoms with Gasteiger partial charge in [-0.1, -0.05) is 13.3 Å². The van der Waals surface area contributed by atoms with E-state index < -0.39 is 0 Å². The molecular formula is C16H26N4. The van der Waals surface area contributed by atoms with Crippen molar-refractivity contribution in [2.45, 2.75) is 58.9 Å². The molecule has 1 heterocycles. The first-order valence-electron chi connectivity index (χ1n) is 8.03. The number of rotatable bonds is 5. The van der Waals surface area contributed by atoms with Gasteiger partial charge in [-0.15, -0.1) is 0 Å². The Morgan fingerprint density at radius 2 is 1.90 bits per heavy atom. The Morgan fingerprint density at radius 1 is 1.10 bits per heavy atom. The van der Waals surface area contributed by atoms with Crippen LogP contribution in [0.3, 0.4) is 0 Å². The van der Waals surface area contributed by atoms with Gasteiger partial charge in [-0.2, -0.15) is 0 Å². The van der Waals surface area contributed by atoms with Gasteiger partial charge in [0.1, 0.15) is 17.5 Å². The fourth-order valence-electron chi connectivity index (χ4n) is 3.78. The molecule has 4 nitrogen and oxygen atoms in total. The first-order chi connectivity index (χ1) is 9.67. The van der Waals surface area contributed by atoms with E-state index >= 15 is 0 Å². The molecule has 20 heavy (non-hydrogen) atoms. The van der Waals surface area contributed by atoms with Crippen molar-refractivity contribution in [1.29, 1.82) is 0 Å². The third-order valence-corrected chi connectivity index (χ3v) is 4.86. The zero-order valence-electron chi connectivity index (χ0n) is 12.9. The van der Waals surface area contributed by atoms with Crippen LogP contribution in [0.5, 0.6) is 0 Å². The minimum absolute atomic E-state index is 0.626. The highest BCUT2D eigenvalue weighted by Crippen LogP contribution is 2.45. The fourth-order valence-corrected chi connectivity index (χ4v) is 3.78. The van der Waals surface area contributed by atoms with Gasteiger partial charge in [-0.05, 0) is 51.4 Å². The van der Waals surface area contributed by atoms with Gasteiger partial charge < -0.3 is 10.6 Å². The van der Waals surface area contributed by atoms with E-state index in [2.05, 4.69) is 34.4 Å². The lowest BCUT2D eigenvalue weighted by molar-refractivity contribution is 0.438. The van der Waals surface area contributed by atoms with Crippen LogP contribution in [0, 0.1) is 25.7 Å². The molecule has 2 fully saturated rings. The Kier molecular flexibility index (Phi) is 3.81. The lowest BCUT2D eigenvalue weighted by Gasteiger charge is -2.25. The number of hydrogen-bond acceptors (Lipinski definition) is 4. The molecule has 0 saturated heterocycles. The standard InChI is InChI=1S/C16H26N4/c1-4-7-17-15-10(2)16(19-11(3)18-15)20-14-9-12-5-6-13(14)8-12/h12-14H,4-9H2,1-3H3,(H2,17,18,19,20). The number of fused-ring (bicyclic) bond motifs is 2. The van der Waals surface area contributed by atoms with Crippen LogP contribution in [0.25, 0.3) is 0 Å². The first-order valence-corrected chi connectivity index (χ1v) is 8.03. The van der Waals surface area contributed by atoms with Crippen LogP contribution in [0.1, 0.15) is 50.4 Å². The maximum atomic E-state index is 4.63. The molecule has 3 rings (SSSR count). The maximum absolute atomic E-state index is 4.63. The van der Waals surface area contributed by atoms with Crippen molar-refractivity contribution in [2.75, 3.05) is 17.2 Å². The summed E-state index contributed by atoms with van der Waals surface area (Å²) in [6, 6.07) is 0.626. The Morgan fingerprint density at radius 3 is 2.55 bits per heavy atom. The van der Waals surface area contributed by atoms with E-state index in [-0.39, 0.29) is 0 Å². The Bertz CT molecular complexity index is 486. The number of aromatic nitrogens is 2. The lowest BCUT2D eigenvalue weighted by atomic mass is 9.95. The quantitative estimate of drug-likeness (QED) is 0.862. The second-order valence-electron chi connectivity index (χ2n) is 6.45. The summed E-state index contributed by atoms with van der Waals surface area (Å²) in [7, 11) is 0. The minimum atomic E-state index is 0.626. The van der Waals surface area contributed by atoms with E-state index in [9.17, 15) is 0 Å². The summed E-state index contributed by atoms with van der Waals surface area (Å²) in [4.78, 5) is 9.16. The van der Waals surface area contributed by atoms with Crippen molar-refractivity contribution in [3.05, 3.63) is 11.4 Å². The molecule has 2 saturated carbocycles. The molecule has 3 atom stereocenters. The Hall–Kier alpha value is -1.32. The summed E-state index contributed by atoms with van der Waals surface area (Å²) in [5.41, 5.74) is 1.16. The van der Waals surface area contributed by atoms with Crippen molar-refractivity contribution >= 4 is 11.6 Å². The molecule has 110 valence electrons. The zero-order valence-corrected chi connectivity index (χ0v) is 12.9. The molecule has 0 spiro atoms. The number of aryl methyl sites for hydroxylation is 1. The molecular weight excluding hydrogens is 248 g/mol. The lowest BCUT2D eigenvalue weighted by Crippen LogP contribution is -2.27. The van der Waals surface area contributed by atoms with Gasteiger partial charge in [0.25, 0.3) is 0 Å². The van der Waals surface area contributed by atoms with Crippen LogP contribution in [0.2, 0.25) is 0 Å². The van der Waals surface area contributed by atoms with Crippen LogP contribution >= 0.6 is 0 Å². The third-order valence-electron chi connectivity index (χ3n) is 4.86. The highest BCUT2D eigenvalue weighted by Gasteiger charge is 2.39. The molecule has 3 unspecified atom stereocenters. The van der Waals surface area contributed by atoms with Gasteiger partial charge in [-0.3, -0.25) is 0 Å². The number of nitrogens with one attached hydrogen (secondary N) is 2. The summed E-state index contributed by atoms with van der Waals surface area (Å²) in [5.74, 6) is 4.69. The van der Waals surface area contributed by atoms with Crippen LogP contribution in [-0.4, -0.2) is 22.6 Å². The van der Waals surface area contributed by atoms with E-state index in [1.165, 1.54) is 25.7 Å². The molecule has 1 aromatic rings. The van der Waals surface area contributed by atoms with Crippen LogP contribution in [0.15, 0.2) is 0 Å². The summed E-state index contributed by atoms with van der Waals surface area (Å²) in [5, 5.41) is 7.12. The maximum Gasteiger partial charge on any atom is 0.134 e. The second-order valence-corrected chi connectivity index (χ2v) is 6.45. The van der Waals surface area contributed by atoms with Gasteiger partial charge in [0, 0.05) is 18.2 Å². The summed E-state index contributed by atoms with van der Waals surface area (Å²) < 4.78 is 0. The van der Waals surface area contributed by atoms with Gasteiger partial charge in [0.05, 0.1) is 0 Å². The number of anilines is 2. The molecule has 1 aromatic heterocycles. The van der Waals surface area contributed by atoms with E-state index in [1.54, 1.807) is 0 Å². The fraction of sp³-hybridized carbons (Fsp3) is 0.750. The Labute approximate surface area is 121 Å². The molecule has 0 radical (unpaired) electrons. The summed E-state index contributed by atoms with van der Waals surface area (Å²) in [6.07, 6.45) is 6.69. The topological polar surface area (TPSA) is 49.8 Å². The molecule has 2 bridgehead atoms. The Balaban J connectivity index is 1.76. The first kappa shape index (κ1) is 13.7. The van der Waals surface area contributed by atoms with Gasteiger partial charge >= 0.3 is 0 Å². The summed E-state index contributed by atoms with van der Waals surface area (Å²) in [6.45, 7) is 7.23. The normalized spacial score (nSPS) is 27.9. The van der Waals surface area contributed by atoms with E-state index in [0.29, 0.717) is 6.04 Å². The average molecular weight is 274 g/mol. The number of hydrogen-bond donors (Lipinski definition) is 2. The van der Waals surface area contributed by atoms with E-state index in [0.717, 1.165) is 47.8 Å². The van der Waals surface area contributed by atoms with Crippen LogP contribution < -0.4 is 10.6 Å². The SMILES string of the molecule is CCCNc1nc(C)nc(NC2CC3CCC2C3)c1C. The van der Waals surface area contributed by atoms with Crippen LogP contribution in [-0.2, 0) is 0 Å². The molecule has 2 aliphatic rings. The monoisotopic (exact) mass is 274 g/mol. The van der Waals surface area contributed by atoms with Gasteiger partial charge in [0.15, 0.2) is 0 Å². The molecule has 0 amide bonds. The average Bonchev–Trinajstić information content (AvgIpc) is 3.03. The largest absolute Gasteiger partial charge is 0.370 e. The molecule has 2 aliphatic carbocycles. The van der Waals surface area contributed by atoms with Crippen molar-refractivity contribution in [2.24, 2.45) is 11.8 Å². The zero-order chi connectivity index (χ0) is 14.1. The predicted octanol–water partition coefficient (Wildman–Crippen LogP) is 3.52. The van der Waals surface area contributed by atoms with Crippen molar-refractivity contribution in [3.8, 4) is 0 Å². The van der Waals surface area contributed by atoms with E-state index in [1.807, 2.05) is 6.92 Å². The third kappa shape index (κ3) is 2.60. The minimum Gasteiger partial charge on any atom is -0.370 e. The summed E-state index contributed by atoms with van der Waals surface area (Å²) >= 11 is 0. The van der Waals surface area contributed by atoms with Gasteiger partial charge in [-0.25, -0.2) is 9.97 Å².